The highest BCUT2D eigenvalue weighted by Crippen LogP contribution is 2.22. The Morgan fingerprint density at radius 2 is 1.86 bits per heavy atom. The minimum absolute atomic E-state index is 0.259. The van der Waals surface area contributed by atoms with Crippen molar-refractivity contribution < 1.29 is 12.8 Å². The van der Waals surface area contributed by atoms with Crippen LogP contribution < -0.4 is 0 Å². The molecule has 1 aliphatic heterocycles. The summed E-state index contributed by atoms with van der Waals surface area (Å²) in [6.45, 7) is 4.47. The number of fused-ring (bicyclic) bond motifs is 1. The second-order valence-electron chi connectivity index (χ2n) is 7.03. The SMILES string of the molecule is Cc1nn(C)c2ncc(CN3CCN(S(=O)(=O)c4ccccc4F)CC3)cc12. The molecule has 0 aliphatic carbocycles. The summed E-state index contributed by atoms with van der Waals surface area (Å²) in [4.78, 5) is 6.42. The van der Waals surface area contributed by atoms with Crippen LogP contribution in [0.2, 0.25) is 0 Å². The lowest BCUT2D eigenvalue weighted by atomic mass is 10.2. The van der Waals surface area contributed by atoms with Crippen molar-refractivity contribution in [2.45, 2.75) is 18.4 Å². The van der Waals surface area contributed by atoms with Gasteiger partial charge in [0, 0.05) is 51.4 Å². The van der Waals surface area contributed by atoms with Gasteiger partial charge in [0.05, 0.1) is 5.69 Å². The first kappa shape index (κ1) is 19.0. The van der Waals surface area contributed by atoms with Crippen LogP contribution in [0.1, 0.15) is 11.3 Å². The van der Waals surface area contributed by atoms with Gasteiger partial charge in [-0.2, -0.15) is 9.40 Å². The summed E-state index contributed by atoms with van der Waals surface area (Å²) in [5, 5.41) is 5.42. The lowest BCUT2D eigenvalue weighted by molar-refractivity contribution is 0.181. The van der Waals surface area contributed by atoms with Gasteiger partial charge in [-0.05, 0) is 30.7 Å². The van der Waals surface area contributed by atoms with Gasteiger partial charge < -0.3 is 0 Å². The molecule has 1 fully saturated rings. The Morgan fingerprint density at radius 1 is 1.14 bits per heavy atom. The van der Waals surface area contributed by atoms with Gasteiger partial charge in [0.15, 0.2) is 5.65 Å². The lowest BCUT2D eigenvalue weighted by Gasteiger charge is -2.34. The average molecular weight is 403 g/mol. The van der Waals surface area contributed by atoms with Crippen LogP contribution >= 0.6 is 0 Å². The van der Waals surface area contributed by atoms with E-state index in [1.165, 1.54) is 28.6 Å². The number of hydrogen-bond acceptors (Lipinski definition) is 5. The van der Waals surface area contributed by atoms with Crippen molar-refractivity contribution in [3.63, 3.8) is 0 Å². The van der Waals surface area contributed by atoms with E-state index in [2.05, 4.69) is 21.0 Å². The van der Waals surface area contributed by atoms with Crippen molar-refractivity contribution in [3.05, 3.63) is 53.6 Å². The molecule has 0 atom stereocenters. The maximum absolute atomic E-state index is 13.9. The summed E-state index contributed by atoms with van der Waals surface area (Å²) in [6.07, 6.45) is 1.84. The molecule has 148 valence electrons. The predicted octanol–water partition coefficient (Wildman–Crippen LogP) is 1.92. The normalized spacial score (nSPS) is 16.7. The minimum atomic E-state index is -3.81. The molecular weight excluding hydrogens is 381 g/mol. The van der Waals surface area contributed by atoms with Crippen molar-refractivity contribution >= 4 is 21.1 Å². The molecule has 9 heteroatoms. The summed E-state index contributed by atoms with van der Waals surface area (Å²) in [5.74, 6) is -0.712. The molecule has 1 saturated heterocycles. The van der Waals surface area contributed by atoms with E-state index in [1.54, 1.807) is 4.68 Å². The molecule has 0 unspecified atom stereocenters. The number of aromatic nitrogens is 3. The third kappa shape index (κ3) is 3.41. The van der Waals surface area contributed by atoms with E-state index in [0.717, 1.165) is 22.3 Å². The first-order chi connectivity index (χ1) is 13.4. The van der Waals surface area contributed by atoms with Crippen molar-refractivity contribution in [1.82, 2.24) is 24.0 Å². The molecule has 4 rings (SSSR count). The molecule has 28 heavy (non-hydrogen) atoms. The molecule has 1 aliphatic rings. The van der Waals surface area contributed by atoms with E-state index >= 15 is 0 Å². The van der Waals surface area contributed by atoms with E-state index in [-0.39, 0.29) is 4.90 Å². The molecule has 0 bridgehead atoms. The molecule has 2 aromatic heterocycles. The van der Waals surface area contributed by atoms with E-state index in [0.29, 0.717) is 32.7 Å². The van der Waals surface area contributed by atoms with E-state index < -0.39 is 15.8 Å². The summed E-state index contributed by atoms with van der Waals surface area (Å²) in [7, 11) is -1.94. The standard InChI is InChI=1S/C19H22FN5O2S/c1-14-16-11-15(12-21-19(16)23(2)22-14)13-24-7-9-25(10-8-24)28(26,27)18-6-4-3-5-17(18)20/h3-6,11-12H,7-10,13H2,1-2H3. The van der Waals surface area contributed by atoms with Gasteiger partial charge in [0.2, 0.25) is 10.0 Å². The molecule has 0 spiro atoms. The Morgan fingerprint density at radius 3 is 2.57 bits per heavy atom. The van der Waals surface area contributed by atoms with Crippen molar-refractivity contribution in [3.8, 4) is 0 Å². The molecule has 0 saturated carbocycles. The number of hydrogen-bond donors (Lipinski definition) is 0. The van der Waals surface area contributed by atoms with Crippen LogP contribution in [0.4, 0.5) is 4.39 Å². The molecule has 3 heterocycles. The molecule has 0 N–H and O–H groups in total. The van der Waals surface area contributed by atoms with Gasteiger partial charge in [0.25, 0.3) is 0 Å². The third-order valence-electron chi connectivity index (χ3n) is 5.11. The van der Waals surface area contributed by atoms with Gasteiger partial charge in [-0.3, -0.25) is 9.58 Å². The number of piperazine rings is 1. The summed E-state index contributed by atoms with van der Waals surface area (Å²) >= 11 is 0. The van der Waals surface area contributed by atoms with Crippen LogP contribution in [0.3, 0.4) is 0 Å². The second kappa shape index (κ2) is 7.23. The molecule has 0 amide bonds. The maximum Gasteiger partial charge on any atom is 0.246 e. The third-order valence-corrected chi connectivity index (χ3v) is 7.04. The Balaban J connectivity index is 1.45. The number of rotatable bonds is 4. The highest BCUT2D eigenvalue weighted by atomic mass is 32.2. The Hall–Kier alpha value is -2.36. The van der Waals surface area contributed by atoms with E-state index in [9.17, 15) is 12.8 Å². The van der Waals surface area contributed by atoms with Crippen LogP contribution in [0.15, 0.2) is 41.4 Å². The number of aryl methyl sites for hydroxylation is 2. The number of halogens is 1. The number of sulfonamides is 1. The molecule has 1 aromatic carbocycles. The minimum Gasteiger partial charge on any atom is -0.296 e. The van der Waals surface area contributed by atoms with Crippen LogP contribution in [-0.4, -0.2) is 58.6 Å². The Bertz CT molecular complexity index is 1120. The second-order valence-corrected chi connectivity index (χ2v) is 8.94. The summed E-state index contributed by atoms with van der Waals surface area (Å²) < 4.78 is 42.5. The Kier molecular flexibility index (Phi) is 4.90. The fraction of sp³-hybridized carbons (Fsp3) is 0.368. The number of pyridine rings is 1. The van der Waals surface area contributed by atoms with E-state index in [4.69, 9.17) is 0 Å². The largest absolute Gasteiger partial charge is 0.296 e. The van der Waals surface area contributed by atoms with Gasteiger partial charge in [0.1, 0.15) is 10.7 Å². The van der Waals surface area contributed by atoms with Crippen LogP contribution in [0.25, 0.3) is 11.0 Å². The first-order valence-electron chi connectivity index (χ1n) is 9.11. The van der Waals surface area contributed by atoms with Gasteiger partial charge in [-0.25, -0.2) is 17.8 Å². The molecular formula is C19H22FN5O2S. The monoisotopic (exact) mass is 403 g/mol. The molecule has 3 aromatic rings. The molecule has 0 radical (unpaired) electrons. The zero-order valence-corrected chi connectivity index (χ0v) is 16.7. The zero-order valence-electron chi connectivity index (χ0n) is 15.8. The number of benzene rings is 1. The van der Waals surface area contributed by atoms with Crippen LogP contribution in [-0.2, 0) is 23.6 Å². The quantitative estimate of drug-likeness (QED) is 0.666. The van der Waals surface area contributed by atoms with Crippen molar-refractivity contribution in [2.75, 3.05) is 26.2 Å². The average Bonchev–Trinajstić information content (AvgIpc) is 2.96. The van der Waals surface area contributed by atoms with E-state index in [1.807, 2.05) is 20.2 Å². The number of nitrogens with zero attached hydrogens (tertiary/aromatic N) is 5. The van der Waals surface area contributed by atoms with Gasteiger partial charge in [-0.15, -0.1) is 0 Å². The topological polar surface area (TPSA) is 71.3 Å². The summed E-state index contributed by atoms with van der Waals surface area (Å²) in [5.41, 5.74) is 2.85. The summed E-state index contributed by atoms with van der Waals surface area (Å²) in [6, 6.07) is 7.60. The highest BCUT2D eigenvalue weighted by molar-refractivity contribution is 7.89. The zero-order chi connectivity index (χ0) is 19.9. The maximum atomic E-state index is 13.9. The van der Waals surface area contributed by atoms with Crippen molar-refractivity contribution in [1.29, 1.82) is 0 Å². The fourth-order valence-electron chi connectivity index (χ4n) is 3.62. The predicted molar refractivity (Wildman–Crippen MR) is 104 cm³/mol. The van der Waals surface area contributed by atoms with Crippen LogP contribution in [0.5, 0.6) is 0 Å². The highest BCUT2D eigenvalue weighted by Gasteiger charge is 2.30. The lowest BCUT2D eigenvalue weighted by Crippen LogP contribution is -2.48. The molecule has 7 nitrogen and oxygen atoms in total. The van der Waals surface area contributed by atoms with Gasteiger partial charge in [-0.1, -0.05) is 12.1 Å². The first-order valence-corrected chi connectivity index (χ1v) is 10.6. The smallest absolute Gasteiger partial charge is 0.246 e. The fourth-order valence-corrected chi connectivity index (χ4v) is 5.10. The van der Waals surface area contributed by atoms with Gasteiger partial charge >= 0.3 is 0 Å². The Labute approximate surface area is 163 Å². The van der Waals surface area contributed by atoms with Crippen LogP contribution in [0, 0.1) is 12.7 Å². The van der Waals surface area contributed by atoms with Crippen molar-refractivity contribution in [2.24, 2.45) is 7.05 Å².